The molecule has 0 aromatic rings. The molecular formula is C14H27NO2. The molecule has 3 nitrogen and oxygen atoms in total. The van der Waals surface area contributed by atoms with E-state index in [1.54, 1.807) is 0 Å². The van der Waals surface area contributed by atoms with Gasteiger partial charge >= 0.3 is 0 Å². The van der Waals surface area contributed by atoms with Crippen LogP contribution in [0.1, 0.15) is 52.9 Å². The van der Waals surface area contributed by atoms with Crippen molar-refractivity contribution in [1.82, 2.24) is 5.32 Å². The maximum atomic E-state index is 9.75. The van der Waals surface area contributed by atoms with Crippen molar-refractivity contribution in [3.63, 3.8) is 0 Å². The van der Waals surface area contributed by atoms with Gasteiger partial charge in [-0.3, -0.25) is 0 Å². The molecule has 2 rings (SSSR count). The molecule has 17 heavy (non-hydrogen) atoms. The van der Waals surface area contributed by atoms with E-state index in [9.17, 15) is 5.11 Å². The minimum Gasteiger partial charge on any atom is -0.392 e. The molecule has 3 heteroatoms. The predicted molar refractivity (Wildman–Crippen MR) is 69.0 cm³/mol. The van der Waals surface area contributed by atoms with Crippen molar-refractivity contribution >= 4 is 0 Å². The van der Waals surface area contributed by atoms with Gasteiger partial charge in [0.25, 0.3) is 0 Å². The Bertz CT molecular complexity index is 253. The Morgan fingerprint density at radius 1 is 1.35 bits per heavy atom. The summed E-state index contributed by atoms with van der Waals surface area (Å²) in [6.45, 7) is 7.41. The Hall–Kier alpha value is -0.120. The molecule has 2 N–H and O–H groups in total. The highest BCUT2D eigenvalue weighted by molar-refractivity contribution is 5.03. The van der Waals surface area contributed by atoms with Crippen LogP contribution in [0.4, 0.5) is 0 Å². The molecule has 0 aromatic heterocycles. The van der Waals surface area contributed by atoms with Gasteiger partial charge in [0.1, 0.15) is 0 Å². The van der Waals surface area contributed by atoms with Gasteiger partial charge in [-0.2, -0.15) is 0 Å². The normalized spacial score (nSPS) is 40.9. The van der Waals surface area contributed by atoms with Gasteiger partial charge in [-0.1, -0.05) is 27.2 Å². The van der Waals surface area contributed by atoms with Crippen LogP contribution in [0.5, 0.6) is 0 Å². The van der Waals surface area contributed by atoms with Gasteiger partial charge in [0.05, 0.1) is 12.2 Å². The zero-order valence-electron chi connectivity index (χ0n) is 11.4. The number of hydrogen-bond donors (Lipinski definition) is 2. The number of aliphatic hydroxyl groups excluding tert-OH is 1. The van der Waals surface area contributed by atoms with Gasteiger partial charge in [-0.05, 0) is 25.7 Å². The minimum absolute atomic E-state index is 0.0402. The van der Waals surface area contributed by atoms with Crippen LogP contribution in [0.15, 0.2) is 0 Å². The largest absolute Gasteiger partial charge is 0.392 e. The van der Waals surface area contributed by atoms with E-state index >= 15 is 0 Å². The molecule has 1 saturated carbocycles. The topological polar surface area (TPSA) is 41.5 Å². The molecule has 4 atom stereocenters. The van der Waals surface area contributed by atoms with Crippen LogP contribution in [0.2, 0.25) is 0 Å². The molecule has 0 bridgehead atoms. The maximum Gasteiger partial charge on any atom is 0.0621 e. The molecule has 2 fully saturated rings. The van der Waals surface area contributed by atoms with Crippen molar-refractivity contribution < 1.29 is 9.84 Å². The third-order valence-electron chi connectivity index (χ3n) is 4.63. The van der Waals surface area contributed by atoms with E-state index in [1.165, 1.54) is 12.8 Å². The third kappa shape index (κ3) is 2.83. The van der Waals surface area contributed by atoms with Crippen LogP contribution in [-0.2, 0) is 4.74 Å². The summed E-state index contributed by atoms with van der Waals surface area (Å²) in [5.41, 5.74) is 0.0402. The second-order valence-electron chi connectivity index (χ2n) is 6.29. The minimum atomic E-state index is -0.133. The number of hydrogen-bond acceptors (Lipinski definition) is 3. The molecule has 0 amide bonds. The molecular weight excluding hydrogens is 214 g/mol. The number of rotatable bonds is 4. The van der Waals surface area contributed by atoms with E-state index in [0.29, 0.717) is 18.2 Å². The van der Waals surface area contributed by atoms with E-state index in [4.69, 9.17) is 4.74 Å². The Morgan fingerprint density at radius 2 is 2.12 bits per heavy atom. The summed E-state index contributed by atoms with van der Waals surface area (Å²) >= 11 is 0. The average molecular weight is 241 g/mol. The first-order valence-corrected chi connectivity index (χ1v) is 7.09. The van der Waals surface area contributed by atoms with Crippen LogP contribution in [-0.4, -0.2) is 36.0 Å². The van der Waals surface area contributed by atoms with E-state index in [1.807, 2.05) is 0 Å². The number of nitrogens with one attached hydrogen (secondary N) is 1. The molecule has 1 heterocycles. The molecule has 1 aliphatic heterocycles. The first-order chi connectivity index (χ1) is 8.04. The summed E-state index contributed by atoms with van der Waals surface area (Å²) in [6, 6.07) is 1.06. The smallest absolute Gasteiger partial charge is 0.0621 e. The zero-order chi connectivity index (χ0) is 12.5. The van der Waals surface area contributed by atoms with Crippen LogP contribution in [0.25, 0.3) is 0 Å². The summed E-state index contributed by atoms with van der Waals surface area (Å²) in [7, 11) is 0. The highest BCUT2D eigenvalue weighted by Crippen LogP contribution is 2.41. The van der Waals surface area contributed by atoms with Crippen LogP contribution in [0.3, 0.4) is 0 Å². The van der Waals surface area contributed by atoms with Crippen molar-refractivity contribution in [3.05, 3.63) is 0 Å². The van der Waals surface area contributed by atoms with Gasteiger partial charge in [-0.25, -0.2) is 0 Å². The van der Waals surface area contributed by atoms with Crippen LogP contribution in [0, 0.1) is 5.41 Å². The highest BCUT2D eigenvalue weighted by atomic mass is 16.5. The monoisotopic (exact) mass is 241 g/mol. The van der Waals surface area contributed by atoms with Crippen molar-refractivity contribution in [2.75, 3.05) is 6.61 Å². The van der Waals surface area contributed by atoms with E-state index < -0.39 is 0 Å². The Labute approximate surface area is 105 Å². The molecule has 1 aliphatic carbocycles. The summed E-state index contributed by atoms with van der Waals surface area (Å²) < 4.78 is 5.77. The van der Waals surface area contributed by atoms with Gasteiger partial charge in [0, 0.05) is 24.1 Å². The van der Waals surface area contributed by atoms with Gasteiger partial charge < -0.3 is 15.2 Å². The lowest BCUT2D eigenvalue weighted by Gasteiger charge is -2.51. The van der Waals surface area contributed by atoms with Gasteiger partial charge in [0.2, 0.25) is 0 Å². The second kappa shape index (κ2) is 5.25. The van der Waals surface area contributed by atoms with Crippen molar-refractivity contribution in [2.24, 2.45) is 5.41 Å². The molecule has 0 aromatic carbocycles. The van der Waals surface area contributed by atoms with E-state index in [2.05, 4.69) is 26.1 Å². The van der Waals surface area contributed by atoms with E-state index in [0.717, 1.165) is 25.9 Å². The molecule has 4 unspecified atom stereocenters. The second-order valence-corrected chi connectivity index (χ2v) is 6.29. The fourth-order valence-corrected chi connectivity index (χ4v) is 3.02. The van der Waals surface area contributed by atoms with Gasteiger partial charge in [-0.15, -0.1) is 0 Å². The lowest BCUT2D eigenvalue weighted by molar-refractivity contribution is -0.0844. The summed E-state index contributed by atoms with van der Waals surface area (Å²) in [6.07, 6.45) is 5.84. The number of ether oxygens (including phenoxy) is 1. The molecule has 0 radical (unpaired) electrons. The fraction of sp³-hybridized carbons (Fsp3) is 1.00. The van der Waals surface area contributed by atoms with Crippen molar-refractivity contribution in [1.29, 1.82) is 0 Å². The van der Waals surface area contributed by atoms with Gasteiger partial charge in [0.15, 0.2) is 0 Å². The molecule has 0 spiro atoms. The molecule has 1 saturated heterocycles. The molecule has 100 valence electrons. The summed E-state index contributed by atoms with van der Waals surface area (Å²) in [5, 5.41) is 13.5. The Kier molecular flexibility index (Phi) is 4.11. The summed E-state index contributed by atoms with van der Waals surface area (Å²) in [4.78, 5) is 0. The van der Waals surface area contributed by atoms with Crippen molar-refractivity contribution in [3.8, 4) is 0 Å². The van der Waals surface area contributed by atoms with Crippen molar-refractivity contribution in [2.45, 2.75) is 77.2 Å². The van der Waals surface area contributed by atoms with Crippen LogP contribution >= 0.6 is 0 Å². The predicted octanol–water partition coefficient (Wildman–Crippen LogP) is 2.08. The maximum absolute atomic E-state index is 9.75. The lowest BCUT2D eigenvalue weighted by atomic mass is 9.64. The molecule has 2 aliphatic rings. The average Bonchev–Trinajstić information content (AvgIpc) is 2.30. The van der Waals surface area contributed by atoms with Crippen LogP contribution < -0.4 is 5.32 Å². The number of aliphatic hydroxyl groups is 1. The lowest BCUT2D eigenvalue weighted by Crippen LogP contribution is -2.62. The summed E-state index contributed by atoms with van der Waals surface area (Å²) in [5.74, 6) is 0. The Morgan fingerprint density at radius 3 is 2.71 bits per heavy atom. The highest BCUT2D eigenvalue weighted by Gasteiger charge is 2.47. The quantitative estimate of drug-likeness (QED) is 0.792. The standard InChI is InChI=1S/C14H27NO2/c1-4-5-11-8-10(6-7-17-11)15-12-9-13(16)14(12,2)3/h10-13,15-16H,4-9H2,1-3H3. The fourth-order valence-electron chi connectivity index (χ4n) is 3.02. The first-order valence-electron chi connectivity index (χ1n) is 7.09. The third-order valence-corrected chi connectivity index (χ3v) is 4.63. The van der Waals surface area contributed by atoms with E-state index in [-0.39, 0.29) is 11.5 Å². The first kappa shape index (κ1) is 13.3. The Balaban J connectivity index is 1.79. The SMILES string of the molecule is CCCC1CC(NC2CC(O)C2(C)C)CCO1. The zero-order valence-corrected chi connectivity index (χ0v) is 11.4.